The smallest absolute Gasteiger partial charge is 0.127 e. The fourth-order valence-corrected chi connectivity index (χ4v) is 2.40. The predicted octanol–water partition coefficient (Wildman–Crippen LogP) is 4.52. The summed E-state index contributed by atoms with van der Waals surface area (Å²) in [6.07, 6.45) is 1.20. The molecule has 1 unspecified atom stereocenters. The summed E-state index contributed by atoms with van der Waals surface area (Å²) in [6, 6.07) is 13.9. The number of benzene rings is 2. The van der Waals surface area contributed by atoms with Crippen molar-refractivity contribution < 1.29 is 4.74 Å². The lowest BCUT2D eigenvalue weighted by Crippen LogP contribution is -2.14. The molecule has 98 valence electrons. The molecule has 0 aromatic heterocycles. The van der Waals surface area contributed by atoms with Crippen LogP contribution in [0.4, 0.5) is 0 Å². The van der Waals surface area contributed by atoms with Gasteiger partial charge in [0.25, 0.3) is 0 Å². The highest BCUT2D eigenvalue weighted by Crippen LogP contribution is 2.29. The molecule has 0 radical (unpaired) electrons. The zero-order valence-electron chi connectivity index (χ0n) is 11.7. The molecule has 0 saturated carbocycles. The number of nitrogens with zero attached hydrogens (tertiary/aromatic N) is 1. The summed E-state index contributed by atoms with van der Waals surface area (Å²) in [6.45, 7) is 6.47. The van der Waals surface area contributed by atoms with E-state index in [1.165, 1.54) is 0 Å². The first-order valence-corrected chi connectivity index (χ1v) is 6.70. The molecule has 0 saturated heterocycles. The minimum atomic E-state index is 0.177. The second-order valence-corrected chi connectivity index (χ2v) is 5.33. The van der Waals surface area contributed by atoms with Crippen molar-refractivity contribution in [3.8, 4) is 11.8 Å². The lowest BCUT2D eigenvalue weighted by Gasteiger charge is -2.18. The van der Waals surface area contributed by atoms with Crippen molar-refractivity contribution in [2.45, 2.75) is 33.3 Å². The Morgan fingerprint density at radius 2 is 1.74 bits per heavy atom. The largest absolute Gasteiger partial charge is 0.490 e. The van der Waals surface area contributed by atoms with Gasteiger partial charge in [-0.25, -0.2) is 0 Å². The van der Waals surface area contributed by atoms with Gasteiger partial charge in [0.05, 0.1) is 17.7 Å². The first kappa shape index (κ1) is 13.4. The third-order valence-corrected chi connectivity index (χ3v) is 3.14. The molecule has 1 atom stereocenters. The fraction of sp³-hybridized carbons (Fsp3) is 0.353. The van der Waals surface area contributed by atoms with Crippen LogP contribution in [0.15, 0.2) is 36.4 Å². The molecule has 0 heterocycles. The van der Waals surface area contributed by atoms with Crippen LogP contribution in [0.2, 0.25) is 0 Å². The van der Waals surface area contributed by atoms with Gasteiger partial charge in [0.1, 0.15) is 5.75 Å². The van der Waals surface area contributed by atoms with Gasteiger partial charge in [0.15, 0.2) is 0 Å². The Morgan fingerprint density at radius 1 is 1.05 bits per heavy atom. The van der Waals surface area contributed by atoms with Gasteiger partial charge in [-0.05, 0) is 31.4 Å². The molecule has 0 aliphatic rings. The standard InChI is InChI=1S/C17H19NO/c1-12(2)10-13(3)19-17-9-8-14(11-18)15-6-4-5-7-16(15)17/h4-9,12-13H,10H2,1-3H3. The van der Waals surface area contributed by atoms with Crippen molar-refractivity contribution in [1.82, 2.24) is 0 Å². The Labute approximate surface area is 114 Å². The molecule has 0 fully saturated rings. The Morgan fingerprint density at radius 3 is 2.37 bits per heavy atom. The van der Waals surface area contributed by atoms with Crippen LogP contribution in [-0.4, -0.2) is 6.10 Å². The maximum Gasteiger partial charge on any atom is 0.127 e. The number of ether oxygens (including phenoxy) is 1. The van der Waals surface area contributed by atoms with E-state index in [9.17, 15) is 0 Å². The maximum atomic E-state index is 9.14. The lowest BCUT2D eigenvalue weighted by atomic mass is 10.0. The topological polar surface area (TPSA) is 33.0 Å². The molecular formula is C17H19NO. The van der Waals surface area contributed by atoms with Crippen molar-refractivity contribution >= 4 is 10.8 Å². The summed E-state index contributed by atoms with van der Waals surface area (Å²) in [7, 11) is 0. The number of rotatable bonds is 4. The quantitative estimate of drug-likeness (QED) is 0.802. The number of hydrogen-bond acceptors (Lipinski definition) is 2. The first-order valence-electron chi connectivity index (χ1n) is 6.70. The van der Waals surface area contributed by atoms with Crippen LogP contribution >= 0.6 is 0 Å². The van der Waals surface area contributed by atoms with Crippen molar-refractivity contribution in [3.63, 3.8) is 0 Å². The monoisotopic (exact) mass is 253 g/mol. The van der Waals surface area contributed by atoms with Crippen molar-refractivity contribution in [2.24, 2.45) is 5.92 Å². The Bertz CT molecular complexity index is 610. The highest BCUT2D eigenvalue weighted by atomic mass is 16.5. The third-order valence-electron chi connectivity index (χ3n) is 3.14. The second kappa shape index (κ2) is 5.75. The molecule has 0 N–H and O–H groups in total. The van der Waals surface area contributed by atoms with Gasteiger partial charge in [0, 0.05) is 10.8 Å². The van der Waals surface area contributed by atoms with E-state index < -0.39 is 0 Å². The summed E-state index contributed by atoms with van der Waals surface area (Å²) in [5, 5.41) is 11.1. The van der Waals surface area contributed by atoms with E-state index in [2.05, 4.69) is 26.8 Å². The fourth-order valence-electron chi connectivity index (χ4n) is 2.40. The summed E-state index contributed by atoms with van der Waals surface area (Å²) in [4.78, 5) is 0. The van der Waals surface area contributed by atoms with Crippen LogP contribution in [0.25, 0.3) is 10.8 Å². The molecular weight excluding hydrogens is 234 g/mol. The molecule has 0 aliphatic carbocycles. The van der Waals surface area contributed by atoms with Crippen LogP contribution in [0.3, 0.4) is 0 Å². The van der Waals surface area contributed by atoms with Gasteiger partial charge >= 0.3 is 0 Å². The number of fused-ring (bicyclic) bond motifs is 1. The Kier molecular flexibility index (Phi) is 4.06. The van der Waals surface area contributed by atoms with Gasteiger partial charge in [-0.1, -0.05) is 38.1 Å². The molecule has 2 nitrogen and oxygen atoms in total. The normalized spacial score (nSPS) is 12.4. The average molecular weight is 253 g/mol. The zero-order valence-corrected chi connectivity index (χ0v) is 11.7. The van der Waals surface area contributed by atoms with Crippen LogP contribution in [-0.2, 0) is 0 Å². The van der Waals surface area contributed by atoms with Crippen molar-refractivity contribution in [3.05, 3.63) is 42.0 Å². The summed E-state index contributed by atoms with van der Waals surface area (Å²) in [5.74, 6) is 1.47. The minimum Gasteiger partial charge on any atom is -0.490 e. The minimum absolute atomic E-state index is 0.177. The average Bonchev–Trinajstić information content (AvgIpc) is 2.38. The van der Waals surface area contributed by atoms with Gasteiger partial charge in [0.2, 0.25) is 0 Å². The van der Waals surface area contributed by atoms with Gasteiger partial charge in [-0.3, -0.25) is 0 Å². The maximum absolute atomic E-state index is 9.14. The summed E-state index contributed by atoms with van der Waals surface area (Å²) in [5.41, 5.74) is 0.694. The summed E-state index contributed by atoms with van der Waals surface area (Å²) < 4.78 is 6.03. The highest BCUT2D eigenvalue weighted by Gasteiger charge is 2.10. The lowest BCUT2D eigenvalue weighted by molar-refractivity contribution is 0.195. The van der Waals surface area contributed by atoms with E-state index in [1.54, 1.807) is 0 Å². The van der Waals surface area contributed by atoms with Gasteiger partial charge in [-0.2, -0.15) is 5.26 Å². The molecule has 19 heavy (non-hydrogen) atoms. The molecule has 2 heteroatoms. The van der Waals surface area contributed by atoms with E-state index in [0.29, 0.717) is 11.5 Å². The van der Waals surface area contributed by atoms with E-state index in [4.69, 9.17) is 10.00 Å². The number of nitriles is 1. The first-order chi connectivity index (χ1) is 9.11. The summed E-state index contributed by atoms with van der Waals surface area (Å²) >= 11 is 0. The molecule has 0 aliphatic heterocycles. The van der Waals surface area contributed by atoms with Crippen LogP contribution in [0, 0.1) is 17.2 Å². The van der Waals surface area contributed by atoms with Gasteiger partial charge < -0.3 is 4.74 Å². The molecule has 0 amide bonds. The highest BCUT2D eigenvalue weighted by molar-refractivity contribution is 5.92. The van der Waals surface area contributed by atoms with Crippen molar-refractivity contribution in [1.29, 1.82) is 5.26 Å². The van der Waals surface area contributed by atoms with E-state index in [1.807, 2.05) is 36.4 Å². The molecule has 2 rings (SSSR count). The van der Waals surface area contributed by atoms with E-state index in [-0.39, 0.29) is 6.10 Å². The Hall–Kier alpha value is -2.01. The van der Waals surface area contributed by atoms with E-state index >= 15 is 0 Å². The zero-order chi connectivity index (χ0) is 13.8. The Balaban J connectivity index is 2.37. The molecule has 2 aromatic carbocycles. The van der Waals surface area contributed by atoms with Crippen LogP contribution < -0.4 is 4.74 Å². The van der Waals surface area contributed by atoms with Crippen molar-refractivity contribution in [2.75, 3.05) is 0 Å². The van der Waals surface area contributed by atoms with Gasteiger partial charge in [-0.15, -0.1) is 0 Å². The SMILES string of the molecule is CC(C)CC(C)Oc1ccc(C#N)c2ccccc12. The van der Waals surface area contributed by atoms with Crippen LogP contribution in [0.5, 0.6) is 5.75 Å². The molecule has 2 aromatic rings. The second-order valence-electron chi connectivity index (χ2n) is 5.33. The molecule has 0 bridgehead atoms. The van der Waals surface area contributed by atoms with Crippen LogP contribution in [0.1, 0.15) is 32.8 Å². The predicted molar refractivity (Wildman–Crippen MR) is 78.2 cm³/mol. The number of hydrogen-bond donors (Lipinski definition) is 0. The molecule has 0 spiro atoms. The third kappa shape index (κ3) is 3.06. The van der Waals surface area contributed by atoms with E-state index in [0.717, 1.165) is 22.9 Å².